The zero-order chi connectivity index (χ0) is 12.4. The normalized spacial score (nSPS) is 11.2. The molecule has 0 bridgehead atoms. The van der Waals surface area contributed by atoms with Crippen molar-refractivity contribution in [3.05, 3.63) is 23.0 Å². The molecule has 0 spiro atoms. The summed E-state index contributed by atoms with van der Waals surface area (Å²) in [5, 5.41) is 0.0481. The molecule has 1 aromatic carbocycles. The highest BCUT2D eigenvalue weighted by atomic mass is 35.5. The third kappa shape index (κ3) is 2.35. The lowest BCUT2D eigenvalue weighted by molar-refractivity contribution is 0.140. The number of aromatic nitrogens is 2. The molecule has 1 heterocycles. The van der Waals surface area contributed by atoms with Gasteiger partial charge in [-0.05, 0) is 13.0 Å². The topological polar surface area (TPSA) is 53.1 Å². The van der Waals surface area contributed by atoms with Gasteiger partial charge >= 0.3 is 0 Å². The van der Waals surface area contributed by atoms with E-state index in [9.17, 15) is 4.39 Å². The SMILES string of the molecule is CCOCCn1c(N)nc2cc(Cl)c(F)cc21. The van der Waals surface area contributed by atoms with E-state index in [0.717, 1.165) is 0 Å². The number of fused-ring (bicyclic) bond motifs is 1. The molecule has 0 aliphatic rings. The maximum Gasteiger partial charge on any atom is 0.201 e. The lowest BCUT2D eigenvalue weighted by atomic mass is 10.3. The molecule has 0 fully saturated rings. The van der Waals surface area contributed by atoms with Crippen molar-refractivity contribution in [2.75, 3.05) is 18.9 Å². The van der Waals surface area contributed by atoms with E-state index in [1.165, 1.54) is 12.1 Å². The molecule has 0 saturated carbocycles. The number of nitrogens with zero attached hydrogens (tertiary/aromatic N) is 2. The van der Waals surface area contributed by atoms with Crippen LogP contribution in [0.25, 0.3) is 11.0 Å². The van der Waals surface area contributed by atoms with Crippen molar-refractivity contribution in [2.24, 2.45) is 0 Å². The molecule has 0 radical (unpaired) electrons. The molecule has 0 unspecified atom stereocenters. The van der Waals surface area contributed by atoms with Crippen LogP contribution in [0.4, 0.5) is 10.3 Å². The van der Waals surface area contributed by atoms with Gasteiger partial charge in [-0.2, -0.15) is 0 Å². The van der Waals surface area contributed by atoms with Crippen LogP contribution >= 0.6 is 11.6 Å². The summed E-state index contributed by atoms with van der Waals surface area (Å²) in [4.78, 5) is 4.13. The predicted octanol–water partition coefficient (Wildman–Crippen LogP) is 2.45. The number of imidazole rings is 1. The minimum Gasteiger partial charge on any atom is -0.380 e. The summed E-state index contributed by atoms with van der Waals surface area (Å²) >= 11 is 5.69. The number of nitrogens with two attached hydrogens (primary N) is 1. The molecular weight excluding hydrogens is 245 g/mol. The van der Waals surface area contributed by atoms with Gasteiger partial charge in [0.2, 0.25) is 5.95 Å². The van der Waals surface area contributed by atoms with Gasteiger partial charge in [0.05, 0.1) is 22.7 Å². The zero-order valence-corrected chi connectivity index (χ0v) is 10.2. The molecule has 1 aromatic heterocycles. The fraction of sp³-hybridized carbons (Fsp3) is 0.364. The van der Waals surface area contributed by atoms with Crippen LogP contribution in [-0.4, -0.2) is 22.8 Å². The molecule has 6 heteroatoms. The number of rotatable bonds is 4. The van der Waals surface area contributed by atoms with E-state index in [1.54, 1.807) is 4.57 Å². The Kier molecular flexibility index (Phi) is 3.49. The second kappa shape index (κ2) is 4.89. The third-order valence-electron chi connectivity index (χ3n) is 2.48. The Morgan fingerprint density at radius 2 is 2.29 bits per heavy atom. The Labute approximate surface area is 103 Å². The van der Waals surface area contributed by atoms with Crippen molar-refractivity contribution in [3.63, 3.8) is 0 Å². The quantitative estimate of drug-likeness (QED) is 0.856. The smallest absolute Gasteiger partial charge is 0.201 e. The van der Waals surface area contributed by atoms with E-state index in [-0.39, 0.29) is 5.02 Å². The van der Waals surface area contributed by atoms with Crippen LogP contribution in [0.15, 0.2) is 12.1 Å². The van der Waals surface area contributed by atoms with Crippen molar-refractivity contribution in [1.82, 2.24) is 9.55 Å². The molecule has 2 N–H and O–H groups in total. The Morgan fingerprint density at radius 1 is 1.53 bits per heavy atom. The molecule has 0 aliphatic carbocycles. The molecule has 4 nitrogen and oxygen atoms in total. The summed E-state index contributed by atoms with van der Waals surface area (Å²) in [5.41, 5.74) is 6.98. The zero-order valence-electron chi connectivity index (χ0n) is 9.41. The Bertz CT molecular complexity index is 541. The largest absolute Gasteiger partial charge is 0.380 e. The first-order chi connectivity index (χ1) is 8.13. The van der Waals surface area contributed by atoms with Crippen molar-refractivity contribution < 1.29 is 9.13 Å². The first-order valence-corrected chi connectivity index (χ1v) is 5.69. The highest BCUT2D eigenvalue weighted by Crippen LogP contribution is 2.24. The van der Waals surface area contributed by atoms with E-state index in [0.29, 0.717) is 36.7 Å². The van der Waals surface area contributed by atoms with Crippen LogP contribution < -0.4 is 5.73 Å². The maximum atomic E-state index is 13.4. The van der Waals surface area contributed by atoms with Gasteiger partial charge in [0, 0.05) is 19.2 Å². The van der Waals surface area contributed by atoms with Crippen LogP contribution in [0.5, 0.6) is 0 Å². The predicted molar refractivity (Wildman–Crippen MR) is 65.6 cm³/mol. The maximum absolute atomic E-state index is 13.4. The summed E-state index contributed by atoms with van der Waals surface area (Å²) in [7, 11) is 0. The van der Waals surface area contributed by atoms with Crippen LogP contribution in [0, 0.1) is 5.82 Å². The third-order valence-corrected chi connectivity index (χ3v) is 2.77. The lowest BCUT2D eigenvalue weighted by Crippen LogP contribution is -2.08. The van der Waals surface area contributed by atoms with Crippen molar-refractivity contribution in [1.29, 1.82) is 0 Å². The summed E-state index contributed by atoms with van der Waals surface area (Å²) in [6.07, 6.45) is 0. The number of nitrogen functional groups attached to an aromatic ring is 1. The molecule has 2 aromatic rings. The lowest BCUT2D eigenvalue weighted by Gasteiger charge is -2.06. The monoisotopic (exact) mass is 257 g/mol. The molecular formula is C11H13ClFN3O. The van der Waals surface area contributed by atoms with Gasteiger partial charge in [-0.3, -0.25) is 0 Å². The van der Waals surface area contributed by atoms with Gasteiger partial charge in [0.15, 0.2) is 0 Å². The summed E-state index contributed by atoms with van der Waals surface area (Å²) < 4.78 is 20.3. The average molecular weight is 258 g/mol. The molecule has 92 valence electrons. The van der Waals surface area contributed by atoms with Crippen LogP contribution in [0.3, 0.4) is 0 Å². The minimum absolute atomic E-state index is 0.0481. The van der Waals surface area contributed by atoms with E-state index < -0.39 is 5.82 Å². The number of hydrogen-bond acceptors (Lipinski definition) is 3. The highest BCUT2D eigenvalue weighted by molar-refractivity contribution is 6.31. The van der Waals surface area contributed by atoms with Gasteiger partial charge in [-0.15, -0.1) is 0 Å². The Balaban J connectivity index is 2.40. The number of halogens is 2. The van der Waals surface area contributed by atoms with Crippen molar-refractivity contribution >= 4 is 28.6 Å². The second-order valence-electron chi connectivity index (χ2n) is 3.57. The molecule has 0 atom stereocenters. The van der Waals surface area contributed by atoms with Crippen LogP contribution in [0.2, 0.25) is 5.02 Å². The fourth-order valence-electron chi connectivity index (χ4n) is 1.67. The highest BCUT2D eigenvalue weighted by Gasteiger charge is 2.11. The van der Waals surface area contributed by atoms with Crippen LogP contribution in [0.1, 0.15) is 6.92 Å². The second-order valence-corrected chi connectivity index (χ2v) is 3.98. The van der Waals surface area contributed by atoms with Gasteiger partial charge in [0.1, 0.15) is 5.82 Å². The molecule has 2 rings (SSSR count). The number of benzene rings is 1. The van der Waals surface area contributed by atoms with E-state index in [1.807, 2.05) is 6.92 Å². The first kappa shape index (κ1) is 12.1. The van der Waals surface area contributed by atoms with E-state index >= 15 is 0 Å². The summed E-state index contributed by atoms with van der Waals surface area (Å²) in [6.45, 7) is 3.59. The van der Waals surface area contributed by atoms with Crippen LogP contribution in [-0.2, 0) is 11.3 Å². The molecule has 0 aliphatic heterocycles. The Hall–Kier alpha value is -1.33. The van der Waals surface area contributed by atoms with Gasteiger partial charge in [-0.1, -0.05) is 11.6 Å². The average Bonchev–Trinajstić information content (AvgIpc) is 2.57. The van der Waals surface area contributed by atoms with Crippen molar-refractivity contribution in [3.8, 4) is 0 Å². The Morgan fingerprint density at radius 3 is 3.00 bits per heavy atom. The number of ether oxygens (including phenoxy) is 1. The van der Waals surface area contributed by atoms with Gasteiger partial charge in [-0.25, -0.2) is 9.37 Å². The van der Waals surface area contributed by atoms with Gasteiger partial charge < -0.3 is 15.0 Å². The van der Waals surface area contributed by atoms with E-state index in [2.05, 4.69) is 4.98 Å². The molecule has 0 amide bonds. The number of anilines is 1. The first-order valence-electron chi connectivity index (χ1n) is 5.32. The summed E-state index contributed by atoms with van der Waals surface area (Å²) in [6, 6.07) is 2.81. The number of hydrogen-bond donors (Lipinski definition) is 1. The standard InChI is InChI=1S/C11H13ClFN3O/c1-2-17-4-3-16-10-6-8(13)7(12)5-9(10)15-11(16)14/h5-6H,2-4H2,1H3,(H2,14,15). The van der Waals surface area contributed by atoms with Crippen molar-refractivity contribution in [2.45, 2.75) is 13.5 Å². The molecule has 0 saturated heterocycles. The summed E-state index contributed by atoms with van der Waals surface area (Å²) in [5.74, 6) is -0.141. The minimum atomic E-state index is -0.475. The van der Waals surface area contributed by atoms with Gasteiger partial charge in [0.25, 0.3) is 0 Å². The molecule has 17 heavy (non-hydrogen) atoms. The van der Waals surface area contributed by atoms with E-state index in [4.69, 9.17) is 22.1 Å². The fourth-order valence-corrected chi connectivity index (χ4v) is 1.83.